The van der Waals surface area contributed by atoms with E-state index in [9.17, 15) is 25.2 Å². The SMILES string of the molecule is CCCCCCCCCCC(=O)C[C@@]1(O)O[C@H](CO)[C@@H](O)[C@H](O)[C@H]1O. The van der Waals surface area contributed by atoms with Crippen LogP contribution >= 0.6 is 0 Å². The van der Waals surface area contributed by atoms with Gasteiger partial charge in [-0.05, 0) is 6.42 Å². The fourth-order valence-electron chi connectivity index (χ4n) is 3.19. The molecule has 148 valence electrons. The molecule has 0 spiro atoms. The number of unbranched alkanes of at least 4 members (excludes halogenated alkanes) is 7. The average molecular weight is 362 g/mol. The standard InChI is InChI=1S/C18H34O7/c1-2-3-4-5-6-7-8-9-10-13(20)11-18(24)17(23)16(22)15(21)14(12-19)25-18/h14-17,19,21-24H,2-12H2,1H3/t14-,15-,16+,17-,18-/m1/s1. The van der Waals surface area contributed by atoms with Crippen molar-refractivity contribution in [2.75, 3.05) is 6.61 Å². The van der Waals surface area contributed by atoms with Gasteiger partial charge < -0.3 is 30.3 Å². The number of hydrogen-bond acceptors (Lipinski definition) is 7. The van der Waals surface area contributed by atoms with Crippen LogP contribution in [0, 0.1) is 0 Å². The van der Waals surface area contributed by atoms with Gasteiger partial charge in [0.05, 0.1) is 13.0 Å². The number of Topliss-reactive ketones (excluding diaryl/α,β-unsaturated/α-hetero) is 1. The lowest BCUT2D eigenvalue weighted by molar-refractivity contribution is -0.347. The van der Waals surface area contributed by atoms with Gasteiger partial charge in [0.1, 0.15) is 30.2 Å². The zero-order valence-corrected chi connectivity index (χ0v) is 15.1. The summed E-state index contributed by atoms with van der Waals surface area (Å²) in [6.07, 6.45) is 2.29. The van der Waals surface area contributed by atoms with Crippen molar-refractivity contribution in [2.24, 2.45) is 0 Å². The first-order chi connectivity index (χ1) is 11.9. The molecule has 1 aliphatic heterocycles. The van der Waals surface area contributed by atoms with Crippen LogP contribution in [0.2, 0.25) is 0 Å². The summed E-state index contributed by atoms with van der Waals surface area (Å²) in [7, 11) is 0. The van der Waals surface area contributed by atoms with E-state index in [1.165, 1.54) is 25.7 Å². The molecular formula is C18H34O7. The van der Waals surface area contributed by atoms with Crippen LogP contribution in [0.25, 0.3) is 0 Å². The van der Waals surface area contributed by atoms with Gasteiger partial charge in [-0.2, -0.15) is 0 Å². The maximum absolute atomic E-state index is 12.1. The van der Waals surface area contributed by atoms with Crippen molar-refractivity contribution >= 4 is 5.78 Å². The molecule has 0 aliphatic carbocycles. The second-order valence-electron chi connectivity index (χ2n) is 7.05. The van der Waals surface area contributed by atoms with Crippen molar-refractivity contribution in [1.29, 1.82) is 0 Å². The summed E-state index contributed by atoms with van der Waals surface area (Å²) in [5, 5.41) is 48.8. The van der Waals surface area contributed by atoms with Crippen molar-refractivity contribution in [3.05, 3.63) is 0 Å². The van der Waals surface area contributed by atoms with Gasteiger partial charge in [0.15, 0.2) is 0 Å². The van der Waals surface area contributed by atoms with Crippen LogP contribution in [-0.4, -0.2) is 68.1 Å². The maximum Gasteiger partial charge on any atom is 0.202 e. The molecule has 5 atom stereocenters. The van der Waals surface area contributed by atoms with Gasteiger partial charge in [0, 0.05) is 6.42 Å². The highest BCUT2D eigenvalue weighted by Crippen LogP contribution is 2.31. The Morgan fingerprint density at radius 3 is 2.08 bits per heavy atom. The normalized spacial score (nSPS) is 32.7. The molecule has 0 saturated carbocycles. The topological polar surface area (TPSA) is 127 Å². The summed E-state index contributed by atoms with van der Waals surface area (Å²) in [6, 6.07) is 0. The second-order valence-corrected chi connectivity index (χ2v) is 7.05. The van der Waals surface area contributed by atoms with Crippen LogP contribution in [0.5, 0.6) is 0 Å². The molecule has 1 heterocycles. The fraction of sp³-hybridized carbons (Fsp3) is 0.944. The molecule has 1 fully saturated rings. The van der Waals surface area contributed by atoms with E-state index in [-0.39, 0.29) is 12.2 Å². The van der Waals surface area contributed by atoms with E-state index >= 15 is 0 Å². The van der Waals surface area contributed by atoms with E-state index in [1.54, 1.807) is 0 Å². The Bertz CT molecular complexity index is 388. The maximum atomic E-state index is 12.1. The third-order valence-corrected chi connectivity index (χ3v) is 4.81. The molecule has 1 rings (SSSR count). The summed E-state index contributed by atoms with van der Waals surface area (Å²) in [5.41, 5.74) is 0. The molecule has 0 unspecified atom stereocenters. The third kappa shape index (κ3) is 6.92. The minimum atomic E-state index is -2.29. The van der Waals surface area contributed by atoms with Crippen molar-refractivity contribution in [1.82, 2.24) is 0 Å². The lowest BCUT2D eigenvalue weighted by Gasteiger charge is -2.45. The molecule has 0 aromatic rings. The highest BCUT2D eigenvalue weighted by atomic mass is 16.7. The van der Waals surface area contributed by atoms with Crippen molar-refractivity contribution in [3.8, 4) is 0 Å². The number of ether oxygens (including phenoxy) is 1. The predicted octanol–water partition coefficient (Wildman–Crippen LogP) is 0.639. The Balaban J connectivity index is 2.32. The molecule has 0 radical (unpaired) electrons. The highest BCUT2D eigenvalue weighted by Gasteiger charge is 2.53. The number of rotatable bonds is 12. The molecule has 5 N–H and O–H groups in total. The predicted molar refractivity (Wildman–Crippen MR) is 91.8 cm³/mol. The van der Waals surface area contributed by atoms with Crippen LogP contribution in [0.3, 0.4) is 0 Å². The molecule has 25 heavy (non-hydrogen) atoms. The molecule has 0 amide bonds. The van der Waals surface area contributed by atoms with Crippen molar-refractivity contribution in [2.45, 2.75) is 101 Å². The third-order valence-electron chi connectivity index (χ3n) is 4.81. The molecule has 7 heteroatoms. The smallest absolute Gasteiger partial charge is 0.202 e. The first-order valence-corrected chi connectivity index (χ1v) is 9.42. The zero-order chi connectivity index (χ0) is 18.9. The Morgan fingerprint density at radius 1 is 0.960 bits per heavy atom. The summed E-state index contributed by atoms with van der Waals surface area (Å²) in [4.78, 5) is 12.1. The van der Waals surface area contributed by atoms with Gasteiger partial charge in [0.2, 0.25) is 5.79 Å². The number of ketones is 1. The Kier molecular flexibility index (Phi) is 10.1. The highest BCUT2D eigenvalue weighted by molar-refractivity contribution is 5.79. The Hall–Kier alpha value is -0.570. The van der Waals surface area contributed by atoms with Crippen LogP contribution in [-0.2, 0) is 9.53 Å². The second kappa shape index (κ2) is 11.2. The summed E-state index contributed by atoms with van der Waals surface area (Å²) in [6.45, 7) is 1.54. The van der Waals surface area contributed by atoms with Gasteiger partial charge in [-0.3, -0.25) is 4.79 Å². The molecule has 0 bridgehead atoms. The van der Waals surface area contributed by atoms with E-state index in [0.29, 0.717) is 6.42 Å². The van der Waals surface area contributed by atoms with Gasteiger partial charge in [0.25, 0.3) is 0 Å². The van der Waals surface area contributed by atoms with Gasteiger partial charge >= 0.3 is 0 Å². The van der Waals surface area contributed by atoms with Crippen LogP contribution < -0.4 is 0 Å². The van der Waals surface area contributed by atoms with Crippen LogP contribution in [0.1, 0.15) is 71.1 Å². The minimum absolute atomic E-state index is 0.260. The van der Waals surface area contributed by atoms with E-state index in [0.717, 1.165) is 19.3 Å². The number of aliphatic hydroxyl groups is 5. The quantitative estimate of drug-likeness (QED) is 0.322. The van der Waals surface area contributed by atoms with E-state index < -0.39 is 43.2 Å². The minimum Gasteiger partial charge on any atom is -0.394 e. The zero-order valence-electron chi connectivity index (χ0n) is 15.1. The number of carbonyl (C=O) groups is 1. The van der Waals surface area contributed by atoms with E-state index in [2.05, 4.69) is 6.92 Å². The van der Waals surface area contributed by atoms with E-state index in [4.69, 9.17) is 9.84 Å². The molecule has 7 nitrogen and oxygen atoms in total. The van der Waals surface area contributed by atoms with Crippen molar-refractivity contribution in [3.63, 3.8) is 0 Å². The fourth-order valence-corrected chi connectivity index (χ4v) is 3.19. The Labute approximate surface area is 149 Å². The number of hydrogen-bond donors (Lipinski definition) is 5. The largest absolute Gasteiger partial charge is 0.394 e. The molecular weight excluding hydrogens is 328 g/mol. The lowest BCUT2D eigenvalue weighted by Crippen LogP contribution is -2.65. The lowest BCUT2D eigenvalue weighted by atomic mass is 9.89. The average Bonchev–Trinajstić information content (AvgIpc) is 2.59. The number of carbonyl (C=O) groups excluding carboxylic acids is 1. The molecule has 1 aliphatic rings. The monoisotopic (exact) mass is 362 g/mol. The van der Waals surface area contributed by atoms with E-state index in [1.807, 2.05) is 0 Å². The van der Waals surface area contributed by atoms with Crippen molar-refractivity contribution < 1.29 is 35.1 Å². The van der Waals surface area contributed by atoms with Gasteiger partial charge in [-0.1, -0.05) is 51.9 Å². The van der Waals surface area contributed by atoms with Gasteiger partial charge in [-0.25, -0.2) is 0 Å². The molecule has 0 aromatic heterocycles. The molecule has 1 saturated heterocycles. The van der Waals surface area contributed by atoms with Gasteiger partial charge in [-0.15, -0.1) is 0 Å². The van der Waals surface area contributed by atoms with Crippen LogP contribution in [0.15, 0.2) is 0 Å². The summed E-state index contributed by atoms with van der Waals surface area (Å²) >= 11 is 0. The Morgan fingerprint density at radius 2 is 1.52 bits per heavy atom. The number of aliphatic hydroxyl groups excluding tert-OH is 4. The van der Waals surface area contributed by atoms with Crippen LogP contribution in [0.4, 0.5) is 0 Å². The first kappa shape index (κ1) is 22.5. The summed E-state index contributed by atoms with van der Waals surface area (Å²) < 4.78 is 5.10. The molecule has 0 aromatic carbocycles. The summed E-state index contributed by atoms with van der Waals surface area (Å²) in [5.74, 6) is -2.57. The first-order valence-electron chi connectivity index (χ1n) is 9.42.